The Labute approximate surface area is 170 Å². The van der Waals surface area contributed by atoms with Gasteiger partial charge in [-0.1, -0.05) is 0 Å². The zero-order chi connectivity index (χ0) is 20.6. The molecular weight excluding hydrogens is 388 g/mol. The molecule has 9 heteroatoms. The summed E-state index contributed by atoms with van der Waals surface area (Å²) >= 11 is 0. The SMILES string of the molecule is Cc1ncc(-c2ccnc(Nc3ccc(S(=O)(=O)NC4CC4)cc3)n2)n1C(C)C. The zero-order valence-electron chi connectivity index (χ0n) is 16.6. The fourth-order valence-corrected chi connectivity index (χ4v) is 4.50. The Bertz CT molecular complexity index is 1120. The van der Waals surface area contributed by atoms with E-state index in [1.54, 1.807) is 30.5 Å². The van der Waals surface area contributed by atoms with Gasteiger partial charge in [-0.3, -0.25) is 0 Å². The molecule has 29 heavy (non-hydrogen) atoms. The summed E-state index contributed by atoms with van der Waals surface area (Å²) < 4.78 is 29.4. The maximum atomic E-state index is 12.3. The average Bonchev–Trinajstić information content (AvgIpc) is 3.39. The van der Waals surface area contributed by atoms with Crippen molar-refractivity contribution in [1.82, 2.24) is 24.2 Å². The summed E-state index contributed by atoms with van der Waals surface area (Å²) in [5.41, 5.74) is 2.40. The van der Waals surface area contributed by atoms with Crippen molar-refractivity contribution in [3.63, 3.8) is 0 Å². The molecular formula is C20H24N6O2S. The topological polar surface area (TPSA) is 102 Å². The second-order valence-electron chi connectivity index (χ2n) is 7.46. The summed E-state index contributed by atoms with van der Waals surface area (Å²) in [6, 6.07) is 8.76. The highest BCUT2D eigenvalue weighted by molar-refractivity contribution is 7.89. The van der Waals surface area contributed by atoms with Gasteiger partial charge in [0.15, 0.2) is 0 Å². The Kier molecular flexibility index (Phi) is 5.10. The van der Waals surface area contributed by atoms with Crippen molar-refractivity contribution in [3.8, 4) is 11.4 Å². The minimum atomic E-state index is -3.46. The van der Waals surface area contributed by atoms with Gasteiger partial charge >= 0.3 is 0 Å². The highest BCUT2D eigenvalue weighted by Gasteiger charge is 2.27. The van der Waals surface area contributed by atoms with Crippen LogP contribution in [0.5, 0.6) is 0 Å². The lowest BCUT2D eigenvalue weighted by Crippen LogP contribution is -2.25. The van der Waals surface area contributed by atoms with Gasteiger partial charge in [-0.05, 0) is 63.9 Å². The zero-order valence-corrected chi connectivity index (χ0v) is 17.4. The Morgan fingerprint density at radius 3 is 2.48 bits per heavy atom. The molecule has 1 fully saturated rings. The molecule has 2 aromatic heterocycles. The number of nitrogens with one attached hydrogen (secondary N) is 2. The van der Waals surface area contributed by atoms with Crippen LogP contribution in [-0.4, -0.2) is 34.0 Å². The monoisotopic (exact) mass is 412 g/mol. The first-order chi connectivity index (χ1) is 13.8. The first kappa shape index (κ1) is 19.5. The van der Waals surface area contributed by atoms with E-state index >= 15 is 0 Å². The molecule has 0 amide bonds. The first-order valence-corrected chi connectivity index (χ1v) is 11.1. The van der Waals surface area contributed by atoms with Crippen LogP contribution in [0, 0.1) is 6.92 Å². The van der Waals surface area contributed by atoms with Crippen LogP contribution in [0.2, 0.25) is 0 Å². The normalized spacial score (nSPS) is 14.3. The van der Waals surface area contributed by atoms with Crippen molar-refractivity contribution in [2.75, 3.05) is 5.32 Å². The van der Waals surface area contributed by atoms with Gasteiger partial charge in [0.25, 0.3) is 0 Å². The third-order valence-corrected chi connectivity index (χ3v) is 6.27. The van der Waals surface area contributed by atoms with Gasteiger partial charge < -0.3 is 9.88 Å². The number of aryl methyl sites for hydroxylation is 1. The van der Waals surface area contributed by atoms with Gasteiger partial charge in [0.1, 0.15) is 5.82 Å². The van der Waals surface area contributed by atoms with Crippen molar-refractivity contribution in [3.05, 3.63) is 48.5 Å². The van der Waals surface area contributed by atoms with E-state index in [0.717, 1.165) is 30.1 Å². The molecule has 1 aromatic carbocycles. The lowest BCUT2D eigenvalue weighted by Gasteiger charge is -2.14. The molecule has 2 heterocycles. The van der Waals surface area contributed by atoms with Crippen LogP contribution in [0.25, 0.3) is 11.4 Å². The smallest absolute Gasteiger partial charge is 0.240 e. The van der Waals surface area contributed by atoms with Crippen LogP contribution >= 0.6 is 0 Å². The van der Waals surface area contributed by atoms with Gasteiger partial charge in [0.05, 0.1) is 22.5 Å². The van der Waals surface area contributed by atoms with E-state index in [-0.39, 0.29) is 17.0 Å². The molecule has 0 aliphatic heterocycles. The summed E-state index contributed by atoms with van der Waals surface area (Å²) in [4.78, 5) is 13.5. The van der Waals surface area contributed by atoms with Gasteiger partial charge in [-0.15, -0.1) is 0 Å². The average molecular weight is 413 g/mol. The molecule has 2 N–H and O–H groups in total. The molecule has 0 unspecified atom stereocenters. The highest BCUT2D eigenvalue weighted by Crippen LogP contribution is 2.25. The van der Waals surface area contributed by atoms with Crippen molar-refractivity contribution < 1.29 is 8.42 Å². The summed E-state index contributed by atoms with van der Waals surface area (Å²) in [6.07, 6.45) is 5.31. The van der Waals surface area contributed by atoms with Crippen LogP contribution in [0.1, 0.15) is 38.6 Å². The Morgan fingerprint density at radius 1 is 1.10 bits per heavy atom. The van der Waals surface area contributed by atoms with Crippen LogP contribution in [0.15, 0.2) is 47.6 Å². The van der Waals surface area contributed by atoms with Crippen LogP contribution in [-0.2, 0) is 10.0 Å². The second-order valence-corrected chi connectivity index (χ2v) is 9.18. The summed E-state index contributed by atoms with van der Waals surface area (Å²) in [6.45, 7) is 6.18. The van der Waals surface area contributed by atoms with E-state index < -0.39 is 10.0 Å². The Hall–Kier alpha value is -2.78. The lowest BCUT2D eigenvalue weighted by atomic mass is 10.2. The third kappa shape index (κ3) is 4.30. The van der Waals surface area contributed by atoms with Crippen LogP contribution in [0.4, 0.5) is 11.6 Å². The fraction of sp³-hybridized carbons (Fsp3) is 0.350. The standard InChI is InChI=1S/C20H24N6O2S/c1-13(2)26-14(3)22-12-19(26)18-10-11-21-20(24-18)23-15-6-8-17(9-7-15)29(27,28)25-16-4-5-16/h6-13,16,25H,4-5H2,1-3H3,(H,21,23,24). The number of hydrogen-bond donors (Lipinski definition) is 2. The molecule has 152 valence electrons. The van der Waals surface area contributed by atoms with E-state index in [9.17, 15) is 8.42 Å². The minimum absolute atomic E-state index is 0.0804. The summed E-state index contributed by atoms with van der Waals surface area (Å²) in [5.74, 6) is 1.36. The molecule has 0 radical (unpaired) electrons. The molecule has 4 rings (SSSR count). The second kappa shape index (κ2) is 7.57. The maximum absolute atomic E-state index is 12.3. The number of imidazole rings is 1. The number of rotatable bonds is 7. The van der Waals surface area contributed by atoms with Gasteiger partial charge in [0, 0.05) is 24.0 Å². The predicted molar refractivity (Wildman–Crippen MR) is 111 cm³/mol. The Balaban J connectivity index is 1.54. The van der Waals surface area contributed by atoms with Gasteiger partial charge in [-0.25, -0.2) is 28.1 Å². The van der Waals surface area contributed by atoms with Gasteiger partial charge in [-0.2, -0.15) is 0 Å². The van der Waals surface area contributed by atoms with Crippen molar-refractivity contribution in [2.24, 2.45) is 0 Å². The number of nitrogens with zero attached hydrogens (tertiary/aromatic N) is 4. The summed E-state index contributed by atoms with van der Waals surface area (Å²) in [5, 5.41) is 3.13. The lowest BCUT2D eigenvalue weighted by molar-refractivity contribution is 0.581. The van der Waals surface area contributed by atoms with E-state index in [0.29, 0.717) is 11.6 Å². The van der Waals surface area contributed by atoms with Crippen LogP contribution in [0.3, 0.4) is 0 Å². The maximum Gasteiger partial charge on any atom is 0.240 e. The van der Waals surface area contributed by atoms with Gasteiger partial charge in [0.2, 0.25) is 16.0 Å². The molecule has 3 aromatic rings. The summed E-state index contributed by atoms with van der Waals surface area (Å²) in [7, 11) is -3.46. The predicted octanol–water partition coefficient (Wildman–Crippen LogP) is 3.41. The molecule has 1 aliphatic carbocycles. The molecule has 0 saturated heterocycles. The number of sulfonamides is 1. The number of anilines is 2. The van der Waals surface area contributed by atoms with E-state index in [1.807, 2.05) is 19.2 Å². The number of benzene rings is 1. The molecule has 0 bridgehead atoms. The molecule has 0 spiro atoms. The quantitative estimate of drug-likeness (QED) is 0.617. The largest absolute Gasteiger partial charge is 0.324 e. The highest BCUT2D eigenvalue weighted by atomic mass is 32.2. The van der Waals surface area contributed by atoms with Crippen molar-refractivity contribution in [2.45, 2.75) is 50.6 Å². The van der Waals surface area contributed by atoms with Crippen LogP contribution < -0.4 is 10.0 Å². The van der Waals surface area contributed by atoms with Crippen molar-refractivity contribution in [1.29, 1.82) is 0 Å². The first-order valence-electron chi connectivity index (χ1n) is 9.60. The van der Waals surface area contributed by atoms with Crippen molar-refractivity contribution >= 4 is 21.7 Å². The third-order valence-electron chi connectivity index (χ3n) is 4.74. The fourth-order valence-electron chi connectivity index (χ4n) is 3.19. The van der Waals surface area contributed by atoms with E-state index in [1.165, 1.54) is 0 Å². The minimum Gasteiger partial charge on any atom is -0.324 e. The molecule has 1 aliphatic rings. The molecule has 0 atom stereocenters. The Morgan fingerprint density at radius 2 is 1.83 bits per heavy atom. The van der Waals surface area contributed by atoms with E-state index in [2.05, 4.69) is 43.4 Å². The molecule has 8 nitrogen and oxygen atoms in total. The number of hydrogen-bond acceptors (Lipinski definition) is 6. The number of aromatic nitrogens is 4. The van der Waals surface area contributed by atoms with E-state index in [4.69, 9.17) is 0 Å². The molecule has 1 saturated carbocycles.